The Balaban J connectivity index is 1.40. The summed E-state index contributed by atoms with van der Waals surface area (Å²) in [5.74, 6) is 1.59. The first-order valence-corrected chi connectivity index (χ1v) is 10.7. The van der Waals surface area contributed by atoms with Crippen LogP contribution in [0.4, 0.5) is 10.5 Å². The van der Waals surface area contributed by atoms with Crippen LogP contribution in [-0.4, -0.2) is 19.2 Å². The Bertz CT molecular complexity index is 992. The molecule has 0 fully saturated rings. The lowest BCUT2D eigenvalue weighted by atomic mass is 10.0. The summed E-state index contributed by atoms with van der Waals surface area (Å²) in [6.45, 7) is 3.33. The fourth-order valence-electron chi connectivity index (χ4n) is 3.15. The number of urea groups is 1. The first-order valence-electron chi connectivity index (χ1n) is 10.3. The predicted molar refractivity (Wildman–Crippen MR) is 129 cm³/mol. The molecule has 0 heterocycles. The minimum absolute atomic E-state index is 0.578. The molecule has 6 heteroatoms. The molecule has 0 aliphatic rings. The van der Waals surface area contributed by atoms with Gasteiger partial charge in [0.05, 0.1) is 18.9 Å². The smallest absolute Gasteiger partial charge is 0.329 e. The molecule has 3 aromatic rings. The summed E-state index contributed by atoms with van der Waals surface area (Å²) in [6.07, 6.45) is 2.84. The molecule has 0 unspecified atom stereocenters. The van der Waals surface area contributed by atoms with Crippen molar-refractivity contribution in [2.75, 3.05) is 17.5 Å². The normalized spacial score (nSPS) is 10.5. The molecule has 2 amide bonds. The first-order chi connectivity index (χ1) is 15.0. The molecule has 0 bridgehead atoms. The Kier molecular flexibility index (Phi) is 8.24. The van der Waals surface area contributed by atoms with E-state index < -0.39 is 6.03 Å². The van der Waals surface area contributed by atoms with E-state index in [0.29, 0.717) is 24.7 Å². The number of hydrogen-bond acceptors (Lipinski definition) is 4. The van der Waals surface area contributed by atoms with Crippen molar-refractivity contribution < 1.29 is 14.3 Å². The minimum Gasteiger partial charge on any atom is -0.494 e. The molecule has 3 aromatic carbocycles. The van der Waals surface area contributed by atoms with Gasteiger partial charge >= 0.3 is 6.03 Å². The Labute approximate surface area is 189 Å². The molecule has 0 aromatic heterocycles. The number of unbranched alkanes of at least 4 members (excludes halogenated alkanes) is 2. The molecule has 0 spiro atoms. The van der Waals surface area contributed by atoms with E-state index in [0.717, 1.165) is 40.4 Å². The van der Waals surface area contributed by atoms with E-state index in [1.165, 1.54) is 5.56 Å². The number of aryl methyl sites for hydroxylation is 1. The first kappa shape index (κ1) is 22.6. The van der Waals surface area contributed by atoms with Crippen LogP contribution in [0.25, 0.3) is 11.1 Å². The van der Waals surface area contributed by atoms with Gasteiger partial charge in [0.15, 0.2) is 0 Å². The topological polar surface area (TPSA) is 64.8 Å². The van der Waals surface area contributed by atoms with Crippen LogP contribution in [0.3, 0.4) is 0 Å². The number of thiol groups is 1. The molecule has 2 N–H and O–H groups in total. The lowest BCUT2D eigenvalue weighted by Gasteiger charge is -2.14. The van der Waals surface area contributed by atoms with Crippen molar-refractivity contribution in [2.45, 2.75) is 26.2 Å². The lowest BCUT2D eigenvalue weighted by Crippen LogP contribution is -2.27. The third-order valence-corrected chi connectivity index (χ3v) is 5.26. The summed E-state index contributed by atoms with van der Waals surface area (Å²) in [4.78, 5) is 11.2. The molecule has 3 rings (SSSR count). The highest BCUT2D eigenvalue weighted by Crippen LogP contribution is 2.30. The van der Waals surface area contributed by atoms with E-state index in [4.69, 9.17) is 15.2 Å². The van der Waals surface area contributed by atoms with Crippen molar-refractivity contribution in [3.8, 4) is 22.6 Å². The summed E-state index contributed by atoms with van der Waals surface area (Å²) in [7, 11) is 0. The second-order valence-corrected chi connectivity index (χ2v) is 7.67. The number of rotatable bonds is 10. The van der Waals surface area contributed by atoms with Gasteiger partial charge in [-0.05, 0) is 49.9 Å². The molecule has 0 atom stereocenters. The van der Waals surface area contributed by atoms with Gasteiger partial charge < -0.3 is 15.2 Å². The molecule has 0 saturated carbocycles. The zero-order valence-corrected chi connectivity index (χ0v) is 18.6. The second kappa shape index (κ2) is 11.3. The van der Waals surface area contributed by atoms with Crippen LogP contribution in [0.1, 0.15) is 24.8 Å². The molecule has 0 saturated heterocycles. The highest BCUT2D eigenvalue weighted by atomic mass is 32.1. The average Bonchev–Trinajstić information content (AvgIpc) is 2.79. The van der Waals surface area contributed by atoms with E-state index in [2.05, 4.69) is 50.1 Å². The molecule has 31 heavy (non-hydrogen) atoms. The zero-order chi connectivity index (χ0) is 22.1. The van der Waals surface area contributed by atoms with E-state index in [9.17, 15) is 4.79 Å². The maximum atomic E-state index is 11.2. The number of ether oxygens (including phenoxy) is 2. The van der Waals surface area contributed by atoms with Gasteiger partial charge in [-0.15, -0.1) is 0 Å². The van der Waals surface area contributed by atoms with E-state index in [1.54, 1.807) is 18.2 Å². The highest BCUT2D eigenvalue weighted by molar-refractivity contribution is 7.82. The number of carbonyl (C=O) groups excluding carboxylic acids is 1. The molecular weight excluding hydrogens is 408 g/mol. The van der Waals surface area contributed by atoms with Crippen LogP contribution in [0.2, 0.25) is 0 Å². The third kappa shape index (κ3) is 6.69. The summed E-state index contributed by atoms with van der Waals surface area (Å²) < 4.78 is 12.9. The Morgan fingerprint density at radius 3 is 2.35 bits per heavy atom. The van der Waals surface area contributed by atoms with Crippen molar-refractivity contribution in [2.24, 2.45) is 5.73 Å². The van der Waals surface area contributed by atoms with Crippen LogP contribution >= 0.6 is 12.8 Å². The summed E-state index contributed by atoms with van der Waals surface area (Å²) in [5.41, 5.74) is 9.33. The van der Waals surface area contributed by atoms with Gasteiger partial charge in [-0.2, -0.15) is 0 Å². The van der Waals surface area contributed by atoms with Crippen LogP contribution in [0.15, 0.2) is 72.8 Å². The van der Waals surface area contributed by atoms with Crippen LogP contribution in [0, 0.1) is 6.92 Å². The minimum atomic E-state index is -0.635. The fraction of sp³-hybridized carbons (Fsp3) is 0.240. The van der Waals surface area contributed by atoms with Crippen molar-refractivity contribution in [1.82, 2.24) is 0 Å². The van der Waals surface area contributed by atoms with Crippen molar-refractivity contribution >= 4 is 24.5 Å². The van der Waals surface area contributed by atoms with Gasteiger partial charge in [-0.1, -0.05) is 66.9 Å². The number of benzene rings is 3. The SMILES string of the molecule is Cc1ccc(-c2ccccc2OCCCCCOc2cccc(N(S)C(N)=O)c2)cc1. The fourth-order valence-corrected chi connectivity index (χ4v) is 3.27. The number of nitrogens with zero attached hydrogens (tertiary/aromatic N) is 1. The maximum absolute atomic E-state index is 11.2. The van der Waals surface area contributed by atoms with Crippen molar-refractivity contribution in [3.05, 3.63) is 78.4 Å². The number of primary amides is 1. The Morgan fingerprint density at radius 1 is 0.903 bits per heavy atom. The maximum Gasteiger partial charge on any atom is 0.329 e. The van der Waals surface area contributed by atoms with E-state index in [-0.39, 0.29) is 0 Å². The number of para-hydroxylation sites is 1. The molecule has 5 nitrogen and oxygen atoms in total. The van der Waals surface area contributed by atoms with Crippen molar-refractivity contribution in [3.63, 3.8) is 0 Å². The van der Waals surface area contributed by atoms with Gasteiger partial charge in [0.25, 0.3) is 0 Å². The van der Waals surface area contributed by atoms with Crippen LogP contribution in [0.5, 0.6) is 11.5 Å². The average molecular weight is 437 g/mol. The lowest BCUT2D eigenvalue weighted by molar-refractivity contribution is 0.257. The van der Waals surface area contributed by atoms with Gasteiger partial charge in [-0.3, -0.25) is 0 Å². The van der Waals surface area contributed by atoms with Crippen molar-refractivity contribution in [1.29, 1.82) is 0 Å². The number of nitrogens with two attached hydrogens (primary N) is 1. The molecule has 0 aliphatic carbocycles. The Hall–Kier alpha value is -3.12. The number of carbonyl (C=O) groups is 1. The monoisotopic (exact) mass is 436 g/mol. The quantitative estimate of drug-likeness (QED) is 0.302. The zero-order valence-electron chi connectivity index (χ0n) is 17.7. The summed E-state index contributed by atoms with van der Waals surface area (Å²) in [6, 6.07) is 23.1. The van der Waals surface area contributed by atoms with E-state index in [1.807, 2.05) is 24.3 Å². The molecule has 0 aliphatic heterocycles. The van der Waals surface area contributed by atoms with Gasteiger partial charge in [0.1, 0.15) is 11.5 Å². The third-order valence-electron chi connectivity index (χ3n) is 4.84. The number of anilines is 1. The second-order valence-electron chi connectivity index (χ2n) is 7.27. The summed E-state index contributed by atoms with van der Waals surface area (Å²) >= 11 is 4.06. The predicted octanol–water partition coefficient (Wildman–Crippen LogP) is 6.02. The molecular formula is C25H28N2O3S. The van der Waals surface area contributed by atoms with Gasteiger partial charge in [-0.25, -0.2) is 9.10 Å². The van der Waals surface area contributed by atoms with Gasteiger partial charge in [0, 0.05) is 11.6 Å². The highest BCUT2D eigenvalue weighted by Gasteiger charge is 2.08. The number of hydrogen-bond donors (Lipinski definition) is 2. The van der Waals surface area contributed by atoms with Crippen LogP contribution < -0.4 is 19.5 Å². The summed E-state index contributed by atoms with van der Waals surface area (Å²) in [5, 5.41) is 0. The standard InChI is InChI=1S/C25H28N2O3S/c1-19-12-14-20(15-13-19)23-10-3-4-11-24(23)30-17-6-2-5-16-29-22-9-7-8-21(18-22)27(31)25(26)28/h3-4,7-15,18,31H,2,5-6,16-17H2,1H3,(H2,26,28). The molecule has 0 radical (unpaired) electrons. The van der Waals surface area contributed by atoms with E-state index >= 15 is 0 Å². The largest absolute Gasteiger partial charge is 0.494 e. The van der Waals surface area contributed by atoms with Gasteiger partial charge in [0.2, 0.25) is 0 Å². The Morgan fingerprint density at radius 2 is 1.61 bits per heavy atom. The number of amides is 2. The molecule has 162 valence electrons. The van der Waals surface area contributed by atoms with Crippen LogP contribution in [-0.2, 0) is 0 Å².